The highest BCUT2D eigenvalue weighted by molar-refractivity contribution is 7.89. The summed E-state index contributed by atoms with van der Waals surface area (Å²) in [5.74, 6) is 0.667. The number of likely N-dealkylation sites (tertiary alicyclic amines) is 1. The van der Waals surface area contributed by atoms with Gasteiger partial charge in [-0.25, -0.2) is 13.1 Å². The van der Waals surface area contributed by atoms with E-state index >= 15 is 0 Å². The first-order chi connectivity index (χ1) is 12.4. The Balaban J connectivity index is 1.52. The maximum absolute atomic E-state index is 12.7. The summed E-state index contributed by atoms with van der Waals surface area (Å²) in [6.45, 7) is 9.01. The molecular formula is C20H28N2O2S2. The number of piperidine rings is 1. The molecule has 1 aliphatic rings. The van der Waals surface area contributed by atoms with E-state index in [1.54, 1.807) is 0 Å². The minimum Gasteiger partial charge on any atom is -0.302 e. The largest absolute Gasteiger partial charge is 0.302 e. The summed E-state index contributed by atoms with van der Waals surface area (Å²) in [6.07, 6.45) is 2.31. The summed E-state index contributed by atoms with van der Waals surface area (Å²) < 4.78 is 28.2. The van der Waals surface area contributed by atoms with Crippen molar-refractivity contribution in [1.29, 1.82) is 0 Å². The zero-order valence-corrected chi connectivity index (χ0v) is 17.4. The van der Waals surface area contributed by atoms with Gasteiger partial charge in [-0.2, -0.15) is 0 Å². The zero-order valence-electron chi connectivity index (χ0n) is 15.8. The quantitative estimate of drug-likeness (QED) is 0.813. The fraction of sp³-hybridized carbons (Fsp3) is 0.500. The van der Waals surface area contributed by atoms with Gasteiger partial charge in [-0.1, -0.05) is 23.8 Å². The summed E-state index contributed by atoms with van der Waals surface area (Å²) >= 11 is 1.84. The number of aryl methyl sites for hydroxylation is 3. The summed E-state index contributed by atoms with van der Waals surface area (Å²) in [5.41, 5.74) is 2.71. The molecule has 6 heteroatoms. The van der Waals surface area contributed by atoms with Crippen molar-refractivity contribution in [3.8, 4) is 0 Å². The smallest absolute Gasteiger partial charge is 0.241 e. The Hall–Kier alpha value is -1.21. The number of sulfonamides is 1. The second-order valence-corrected chi connectivity index (χ2v) is 9.94. The van der Waals surface area contributed by atoms with Gasteiger partial charge in [0.05, 0.1) is 4.90 Å². The Bertz CT molecular complexity index is 814. The van der Waals surface area contributed by atoms with E-state index < -0.39 is 10.0 Å². The van der Waals surface area contributed by atoms with Gasteiger partial charge in [0.1, 0.15) is 0 Å². The molecule has 1 aromatic heterocycles. The van der Waals surface area contributed by atoms with Crippen LogP contribution in [0.2, 0.25) is 0 Å². The van der Waals surface area contributed by atoms with E-state index in [2.05, 4.69) is 27.1 Å². The summed E-state index contributed by atoms with van der Waals surface area (Å²) in [5, 5.41) is 2.14. The fourth-order valence-electron chi connectivity index (χ4n) is 3.97. The van der Waals surface area contributed by atoms with Crippen LogP contribution in [-0.4, -0.2) is 39.5 Å². The van der Waals surface area contributed by atoms with E-state index in [4.69, 9.17) is 0 Å². The van der Waals surface area contributed by atoms with Crippen LogP contribution in [0.5, 0.6) is 0 Å². The molecule has 142 valence electrons. The average molecular weight is 393 g/mol. The molecule has 0 radical (unpaired) electrons. The van der Waals surface area contributed by atoms with Crippen LogP contribution in [-0.2, 0) is 10.0 Å². The Morgan fingerprint density at radius 1 is 1.15 bits per heavy atom. The predicted molar refractivity (Wildman–Crippen MR) is 109 cm³/mol. The van der Waals surface area contributed by atoms with Crippen LogP contribution >= 0.6 is 11.3 Å². The third-order valence-corrected chi connectivity index (χ3v) is 7.93. The Morgan fingerprint density at radius 3 is 2.38 bits per heavy atom. The standard InChI is InChI=1S/C20H28N2O2S2/c1-15-13-16(2)20(17(3)14-15)26(23,24)21-8-11-22-9-6-18(7-10-22)19-5-4-12-25-19/h4-5,12-14,18,21H,6-11H2,1-3H3. The van der Waals surface area contributed by atoms with E-state index in [0.29, 0.717) is 17.4 Å². The van der Waals surface area contributed by atoms with Crippen molar-refractivity contribution in [3.63, 3.8) is 0 Å². The number of hydrogen-bond acceptors (Lipinski definition) is 4. The minimum atomic E-state index is -3.46. The highest BCUT2D eigenvalue weighted by Crippen LogP contribution is 2.30. The fourth-order valence-corrected chi connectivity index (χ4v) is 6.34. The molecule has 1 aliphatic heterocycles. The van der Waals surface area contributed by atoms with Gasteiger partial charge < -0.3 is 4.90 Å². The molecule has 0 saturated carbocycles. The van der Waals surface area contributed by atoms with Gasteiger partial charge in [0.15, 0.2) is 0 Å². The van der Waals surface area contributed by atoms with Gasteiger partial charge in [-0.3, -0.25) is 0 Å². The highest BCUT2D eigenvalue weighted by Gasteiger charge is 2.23. The molecular weight excluding hydrogens is 364 g/mol. The van der Waals surface area contributed by atoms with Crippen molar-refractivity contribution in [2.75, 3.05) is 26.2 Å². The van der Waals surface area contributed by atoms with Crippen LogP contribution in [0.3, 0.4) is 0 Å². The molecule has 26 heavy (non-hydrogen) atoms. The molecule has 1 N–H and O–H groups in total. The van der Waals surface area contributed by atoms with Crippen LogP contribution in [0.15, 0.2) is 34.5 Å². The van der Waals surface area contributed by atoms with Gasteiger partial charge >= 0.3 is 0 Å². The molecule has 3 rings (SSSR count). The molecule has 0 unspecified atom stereocenters. The molecule has 0 atom stereocenters. The molecule has 4 nitrogen and oxygen atoms in total. The van der Waals surface area contributed by atoms with Crippen LogP contribution in [0, 0.1) is 20.8 Å². The lowest BCUT2D eigenvalue weighted by Crippen LogP contribution is -2.39. The van der Waals surface area contributed by atoms with E-state index in [1.807, 2.05) is 44.2 Å². The lowest BCUT2D eigenvalue weighted by molar-refractivity contribution is 0.217. The maximum atomic E-state index is 12.7. The van der Waals surface area contributed by atoms with Crippen molar-refractivity contribution in [2.24, 2.45) is 0 Å². The maximum Gasteiger partial charge on any atom is 0.241 e. The minimum absolute atomic E-state index is 0.430. The first kappa shape index (κ1) is 19.5. The molecule has 0 spiro atoms. The summed E-state index contributed by atoms with van der Waals surface area (Å²) in [4.78, 5) is 4.27. The van der Waals surface area contributed by atoms with E-state index in [1.165, 1.54) is 4.88 Å². The van der Waals surface area contributed by atoms with Gasteiger partial charge in [0.25, 0.3) is 0 Å². The van der Waals surface area contributed by atoms with Gasteiger partial charge in [-0.05, 0) is 75.2 Å². The van der Waals surface area contributed by atoms with Crippen molar-refractivity contribution >= 4 is 21.4 Å². The predicted octanol–water partition coefficient (Wildman–Crippen LogP) is 3.83. The number of nitrogens with one attached hydrogen (secondary N) is 1. The Morgan fingerprint density at radius 2 is 1.81 bits per heavy atom. The monoisotopic (exact) mass is 392 g/mol. The Labute approximate surface area is 161 Å². The normalized spacial score (nSPS) is 16.9. The molecule has 2 heterocycles. The number of thiophene rings is 1. The average Bonchev–Trinajstić information content (AvgIpc) is 3.08. The Kier molecular flexibility index (Phi) is 6.17. The van der Waals surface area contributed by atoms with Crippen LogP contribution in [0.25, 0.3) is 0 Å². The zero-order chi connectivity index (χ0) is 18.7. The van der Waals surface area contributed by atoms with Crippen molar-refractivity contribution in [1.82, 2.24) is 9.62 Å². The topological polar surface area (TPSA) is 49.4 Å². The van der Waals surface area contributed by atoms with Gasteiger partial charge in [0.2, 0.25) is 10.0 Å². The van der Waals surface area contributed by atoms with Crippen LogP contribution < -0.4 is 4.72 Å². The number of hydrogen-bond donors (Lipinski definition) is 1. The van der Waals surface area contributed by atoms with E-state index in [9.17, 15) is 8.42 Å². The van der Waals surface area contributed by atoms with Crippen LogP contribution in [0.4, 0.5) is 0 Å². The third kappa shape index (κ3) is 4.55. The molecule has 0 bridgehead atoms. The lowest BCUT2D eigenvalue weighted by atomic mass is 9.95. The van der Waals surface area contributed by atoms with Crippen molar-refractivity contribution in [3.05, 3.63) is 51.2 Å². The molecule has 2 aromatic rings. The molecule has 1 aromatic carbocycles. The number of rotatable bonds is 6. The van der Waals surface area contributed by atoms with Gasteiger partial charge in [0, 0.05) is 18.0 Å². The van der Waals surface area contributed by atoms with Crippen LogP contribution in [0.1, 0.15) is 40.3 Å². The summed E-state index contributed by atoms with van der Waals surface area (Å²) in [6, 6.07) is 8.20. The van der Waals surface area contributed by atoms with Gasteiger partial charge in [-0.15, -0.1) is 11.3 Å². The third-order valence-electron chi connectivity index (χ3n) is 5.13. The first-order valence-corrected chi connectivity index (χ1v) is 11.6. The van der Waals surface area contributed by atoms with E-state index in [0.717, 1.165) is 49.2 Å². The molecule has 0 aliphatic carbocycles. The molecule has 1 saturated heterocycles. The second-order valence-electron chi connectivity index (χ2n) is 7.26. The number of nitrogens with zero attached hydrogens (tertiary/aromatic N) is 1. The number of benzene rings is 1. The second kappa shape index (κ2) is 8.21. The summed E-state index contributed by atoms with van der Waals surface area (Å²) in [7, 11) is -3.46. The molecule has 0 amide bonds. The highest BCUT2D eigenvalue weighted by atomic mass is 32.2. The lowest BCUT2D eigenvalue weighted by Gasteiger charge is -2.31. The van der Waals surface area contributed by atoms with Crippen molar-refractivity contribution < 1.29 is 8.42 Å². The first-order valence-electron chi connectivity index (χ1n) is 9.20. The van der Waals surface area contributed by atoms with Crippen molar-refractivity contribution in [2.45, 2.75) is 44.4 Å². The molecule has 1 fully saturated rings. The van der Waals surface area contributed by atoms with E-state index in [-0.39, 0.29) is 0 Å². The SMILES string of the molecule is Cc1cc(C)c(S(=O)(=O)NCCN2CCC(c3cccs3)CC2)c(C)c1.